The quantitative estimate of drug-likeness (QED) is 0.444. The molecule has 0 aliphatic rings. The Morgan fingerprint density at radius 3 is 2.33 bits per heavy atom. The summed E-state index contributed by atoms with van der Waals surface area (Å²) in [5.41, 5.74) is 0. The summed E-state index contributed by atoms with van der Waals surface area (Å²) in [5, 5.41) is -0.614. The molecule has 50 valence electrons. The molecule has 0 bridgehead atoms. The van der Waals surface area contributed by atoms with Gasteiger partial charge < -0.3 is 0 Å². The van der Waals surface area contributed by atoms with Crippen LogP contribution >= 0.6 is 11.6 Å². The summed E-state index contributed by atoms with van der Waals surface area (Å²) in [7, 11) is 0. The minimum Gasteiger partial charge on any atom is -0.295 e. The Morgan fingerprint density at radius 2 is 2.00 bits per heavy atom. The highest BCUT2D eigenvalue weighted by Gasteiger charge is 1.90. The molecule has 0 aliphatic carbocycles. The van der Waals surface area contributed by atoms with Crippen LogP contribution in [0.3, 0.4) is 0 Å². The Balaban J connectivity index is 3.71. The van der Waals surface area contributed by atoms with Crippen molar-refractivity contribution in [2.24, 2.45) is 0 Å². The van der Waals surface area contributed by atoms with Crippen molar-refractivity contribution in [3.8, 4) is 0 Å². The van der Waals surface area contributed by atoms with E-state index in [-0.39, 0.29) is 5.78 Å². The fourth-order valence-electron chi connectivity index (χ4n) is 0.276. The molecule has 0 radical (unpaired) electrons. The Hall–Kier alpha value is -0.630. The molecule has 0 rings (SSSR count). The van der Waals surface area contributed by atoms with Crippen molar-refractivity contribution < 1.29 is 9.59 Å². The van der Waals surface area contributed by atoms with E-state index in [1.165, 1.54) is 6.08 Å². The highest BCUT2D eigenvalue weighted by atomic mass is 35.5. The van der Waals surface area contributed by atoms with Gasteiger partial charge in [-0.05, 0) is 17.7 Å². The monoisotopic (exact) mass is 146 g/mol. The van der Waals surface area contributed by atoms with Gasteiger partial charge in [0.25, 0.3) is 0 Å². The second-order valence-electron chi connectivity index (χ2n) is 1.46. The first-order valence-corrected chi connectivity index (χ1v) is 2.95. The van der Waals surface area contributed by atoms with Gasteiger partial charge in [0.05, 0.1) is 0 Å². The Labute approximate surface area is 58.5 Å². The molecule has 3 heteroatoms. The number of hydrogen-bond acceptors (Lipinski definition) is 2. The van der Waals surface area contributed by atoms with Gasteiger partial charge in [-0.15, -0.1) is 0 Å². The Bertz CT molecular complexity index is 149. The lowest BCUT2D eigenvalue weighted by Gasteiger charge is -1.80. The van der Waals surface area contributed by atoms with Gasteiger partial charge in [-0.1, -0.05) is 6.92 Å². The zero-order valence-corrected chi connectivity index (χ0v) is 5.81. The number of halogens is 1. The van der Waals surface area contributed by atoms with E-state index in [0.717, 1.165) is 6.08 Å². The normalized spacial score (nSPS) is 10.0. The van der Waals surface area contributed by atoms with Crippen LogP contribution in [0.15, 0.2) is 12.2 Å². The number of allylic oxidation sites excluding steroid dienone is 2. The zero-order chi connectivity index (χ0) is 7.28. The summed E-state index contributed by atoms with van der Waals surface area (Å²) in [6.45, 7) is 1.71. The average molecular weight is 147 g/mol. The van der Waals surface area contributed by atoms with E-state index in [0.29, 0.717) is 6.42 Å². The molecule has 9 heavy (non-hydrogen) atoms. The molecule has 0 aromatic heterocycles. The summed E-state index contributed by atoms with van der Waals surface area (Å²) in [4.78, 5) is 20.4. The van der Waals surface area contributed by atoms with Gasteiger partial charge >= 0.3 is 0 Å². The molecule has 0 N–H and O–H groups in total. The van der Waals surface area contributed by atoms with E-state index in [9.17, 15) is 9.59 Å². The van der Waals surface area contributed by atoms with E-state index < -0.39 is 5.24 Å². The predicted octanol–water partition coefficient (Wildman–Crippen LogP) is 1.29. The van der Waals surface area contributed by atoms with Gasteiger partial charge in [-0.3, -0.25) is 9.59 Å². The third kappa shape index (κ3) is 5.24. The number of rotatable bonds is 3. The van der Waals surface area contributed by atoms with Crippen LogP contribution < -0.4 is 0 Å². The topological polar surface area (TPSA) is 34.1 Å². The van der Waals surface area contributed by atoms with Crippen molar-refractivity contribution in [1.29, 1.82) is 0 Å². The number of hydrogen-bond donors (Lipinski definition) is 0. The lowest BCUT2D eigenvalue weighted by atomic mass is 10.3. The van der Waals surface area contributed by atoms with Crippen LogP contribution in [0.4, 0.5) is 0 Å². The molecular formula is C6H7ClO2. The summed E-state index contributed by atoms with van der Waals surface area (Å²) in [6.07, 6.45) is 2.63. The zero-order valence-electron chi connectivity index (χ0n) is 5.06. The number of ketones is 1. The molecule has 0 aromatic carbocycles. The van der Waals surface area contributed by atoms with Crippen LogP contribution in [0.2, 0.25) is 0 Å². The lowest BCUT2D eigenvalue weighted by Crippen LogP contribution is -1.88. The van der Waals surface area contributed by atoms with Crippen molar-refractivity contribution in [3.05, 3.63) is 12.2 Å². The molecule has 0 aromatic rings. The maximum atomic E-state index is 10.4. The van der Waals surface area contributed by atoms with E-state index in [4.69, 9.17) is 11.6 Å². The average Bonchev–Trinajstić information content (AvgIpc) is 1.83. The summed E-state index contributed by atoms with van der Waals surface area (Å²) in [5.74, 6) is -0.0935. The van der Waals surface area contributed by atoms with E-state index in [2.05, 4.69) is 0 Å². The fourth-order valence-corrected chi connectivity index (χ4v) is 0.339. The molecular weight excluding hydrogens is 140 g/mol. The highest BCUT2D eigenvalue weighted by Crippen LogP contribution is 1.86. The maximum absolute atomic E-state index is 10.4. The third-order valence-corrected chi connectivity index (χ3v) is 0.875. The molecule has 0 unspecified atom stereocenters. The predicted molar refractivity (Wildman–Crippen MR) is 35.3 cm³/mol. The van der Waals surface area contributed by atoms with Crippen molar-refractivity contribution in [2.45, 2.75) is 13.3 Å². The van der Waals surface area contributed by atoms with Gasteiger partial charge in [0.2, 0.25) is 5.24 Å². The molecule has 0 amide bonds. The lowest BCUT2D eigenvalue weighted by molar-refractivity contribution is -0.114. The third-order valence-electron chi connectivity index (χ3n) is 0.749. The minimum atomic E-state index is -0.614. The first-order valence-electron chi connectivity index (χ1n) is 2.57. The van der Waals surface area contributed by atoms with Crippen LogP contribution in [-0.2, 0) is 9.59 Å². The second-order valence-corrected chi connectivity index (χ2v) is 1.83. The number of carbonyl (C=O) groups excluding carboxylic acids is 2. The van der Waals surface area contributed by atoms with Crippen molar-refractivity contribution in [3.63, 3.8) is 0 Å². The SMILES string of the molecule is CCC(=O)C=CC(=O)Cl. The fraction of sp³-hybridized carbons (Fsp3) is 0.333. The summed E-state index contributed by atoms with van der Waals surface area (Å²) < 4.78 is 0. The van der Waals surface area contributed by atoms with Crippen molar-refractivity contribution in [2.75, 3.05) is 0 Å². The molecule has 0 atom stereocenters. The largest absolute Gasteiger partial charge is 0.295 e. The van der Waals surface area contributed by atoms with Gasteiger partial charge in [-0.2, -0.15) is 0 Å². The van der Waals surface area contributed by atoms with E-state index >= 15 is 0 Å². The summed E-state index contributed by atoms with van der Waals surface area (Å²) in [6, 6.07) is 0. The molecule has 0 saturated heterocycles. The van der Waals surface area contributed by atoms with E-state index in [1.54, 1.807) is 6.92 Å². The van der Waals surface area contributed by atoms with E-state index in [1.807, 2.05) is 0 Å². The number of carbonyl (C=O) groups is 2. The van der Waals surface area contributed by atoms with Gasteiger partial charge in [0.15, 0.2) is 5.78 Å². The molecule has 0 aliphatic heterocycles. The van der Waals surface area contributed by atoms with Crippen LogP contribution in [0.5, 0.6) is 0 Å². The first-order chi connectivity index (χ1) is 4.16. The van der Waals surface area contributed by atoms with Crippen LogP contribution in [0.1, 0.15) is 13.3 Å². The van der Waals surface area contributed by atoms with Crippen LogP contribution in [0, 0.1) is 0 Å². The molecule has 2 nitrogen and oxygen atoms in total. The van der Waals surface area contributed by atoms with Gasteiger partial charge in [0, 0.05) is 12.5 Å². The Kier molecular flexibility index (Phi) is 3.97. The molecule has 0 fully saturated rings. The molecule has 0 heterocycles. The highest BCUT2D eigenvalue weighted by molar-refractivity contribution is 6.66. The van der Waals surface area contributed by atoms with Gasteiger partial charge in [0.1, 0.15) is 0 Å². The standard InChI is InChI=1S/C6H7ClO2/c1-2-5(8)3-4-6(7)9/h3-4H,2H2,1H3. The van der Waals surface area contributed by atoms with Crippen molar-refractivity contribution in [1.82, 2.24) is 0 Å². The van der Waals surface area contributed by atoms with Crippen LogP contribution in [0.25, 0.3) is 0 Å². The molecule has 0 spiro atoms. The summed E-state index contributed by atoms with van der Waals surface area (Å²) >= 11 is 4.90. The van der Waals surface area contributed by atoms with Crippen LogP contribution in [-0.4, -0.2) is 11.0 Å². The van der Waals surface area contributed by atoms with Crippen molar-refractivity contribution >= 4 is 22.6 Å². The smallest absolute Gasteiger partial charge is 0.245 e. The minimum absolute atomic E-state index is 0.0935. The van der Waals surface area contributed by atoms with Gasteiger partial charge in [-0.25, -0.2) is 0 Å². The maximum Gasteiger partial charge on any atom is 0.245 e. The Morgan fingerprint density at radius 1 is 1.44 bits per heavy atom. The first kappa shape index (κ1) is 8.37. The second kappa shape index (κ2) is 4.27. The molecule has 0 saturated carbocycles.